The number of aliphatic hydroxyl groups excluding tert-OH is 2. The van der Waals surface area contributed by atoms with Crippen LogP contribution in [0.2, 0.25) is 0 Å². The lowest BCUT2D eigenvalue weighted by atomic mass is 9.86. The third-order valence-corrected chi connectivity index (χ3v) is 6.56. The average molecular weight is 483 g/mol. The Labute approximate surface area is 199 Å². The van der Waals surface area contributed by atoms with E-state index in [1.807, 2.05) is 13.8 Å². The second kappa shape index (κ2) is 12.6. The lowest BCUT2D eigenvalue weighted by Gasteiger charge is -2.21. The average Bonchev–Trinajstić information content (AvgIpc) is 2.94. The molecule has 0 radical (unpaired) electrons. The molecule has 6 nitrogen and oxygen atoms in total. The first kappa shape index (κ1) is 26.6. The van der Waals surface area contributed by atoms with E-state index in [-0.39, 0.29) is 42.4 Å². The fourth-order valence-electron chi connectivity index (χ4n) is 4.87. The Bertz CT molecular complexity index is 830. The molecule has 1 aromatic rings. The normalized spacial score (nSPS) is 28.0. The van der Waals surface area contributed by atoms with E-state index < -0.39 is 23.8 Å². The van der Waals surface area contributed by atoms with Crippen LogP contribution in [0.3, 0.4) is 0 Å². The molecular weight excluding hydrogens is 446 g/mol. The lowest BCUT2D eigenvalue weighted by molar-refractivity contribution is -0.147. The number of esters is 1. The van der Waals surface area contributed by atoms with Crippen LogP contribution in [0.5, 0.6) is 5.75 Å². The van der Waals surface area contributed by atoms with Crippen LogP contribution in [0.15, 0.2) is 30.4 Å². The van der Waals surface area contributed by atoms with Gasteiger partial charge in [-0.15, -0.1) is 0 Å². The SMILES string of the molecule is CC(C)OC(=O)CCCC1CCC2C(CC(O)C2/C=C/C(O)COc2cc(F)ccc2F)OC1. The molecule has 3 rings (SSSR count). The molecule has 1 aliphatic carbocycles. The molecule has 0 amide bonds. The third-order valence-electron chi connectivity index (χ3n) is 6.56. The van der Waals surface area contributed by atoms with Crippen LogP contribution < -0.4 is 4.74 Å². The van der Waals surface area contributed by atoms with E-state index in [2.05, 4.69) is 0 Å². The van der Waals surface area contributed by atoms with Crippen molar-refractivity contribution in [3.8, 4) is 5.75 Å². The Morgan fingerprint density at radius 2 is 2.09 bits per heavy atom. The summed E-state index contributed by atoms with van der Waals surface area (Å²) in [5, 5.41) is 20.8. The van der Waals surface area contributed by atoms with Gasteiger partial charge in [0.05, 0.1) is 18.3 Å². The van der Waals surface area contributed by atoms with Crippen molar-refractivity contribution >= 4 is 5.97 Å². The maximum Gasteiger partial charge on any atom is 0.306 e. The number of aliphatic hydroxyl groups is 2. The lowest BCUT2D eigenvalue weighted by Crippen LogP contribution is -2.22. The van der Waals surface area contributed by atoms with Crippen molar-refractivity contribution in [1.29, 1.82) is 0 Å². The first-order valence-corrected chi connectivity index (χ1v) is 12.2. The van der Waals surface area contributed by atoms with Crippen molar-refractivity contribution in [2.75, 3.05) is 13.2 Å². The zero-order chi connectivity index (χ0) is 24.7. The van der Waals surface area contributed by atoms with Crippen molar-refractivity contribution in [3.05, 3.63) is 42.0 Å². The van der Waals surface area contributed by atoms with E-state index in [4.69, 9.17) is 14.2 Å². The third kappa shape index (κ3) is 7.75. The van der Waals surface area contributed by atoms with Crippen molar-refractivity contribution in [2.24, 2.45) is 17.8 Å². The number of benzene rings is 1. The molecule has 1 saturated heterocycles. The highest BCUT2D eigenvalue weighted by Gasteiger charge is 2.43. The highest BCUT2D eigenvalue weighted by molar-refractivity contribution is 5.69. The van der Waals surface area contributed by atoms with Crippen molar-refractivity contribution in [2.45, 2.75) is 76.8 Å². The Morgan fingerprint density at radius 1 is 1.29 bits per heavy atom. The molecule has 2 fully saturated rings. The smallest absolute Gasteiger partial charge is 0.306 e. The Morgan fingerprint density at radius 3 is 2.85 bits per heavy atom. The summed E-state index contributed by atoms with van der Waals surface area (Å²) < 4.78 is 43.4. The highest BCUT2D eigenvalue weighted by atomic mass is 19.1. The molecule has 34 heavy (non-hydrogen) atoms. The van der Waals surface area contributed by atoms with Crippen LogP contribution in [0.25, 0.3) is 0 Å². The number of ether oxygens (including phenoxy) is 3. The first-order valence-electron chi connectivity index (χ1n) is 12.2. The van der Waals surface area contributed by atoms with E-state index in [0.29, 0.717) is 25.4 Å². The number of rotatable bonds is 10. The van der Waals surface area contributed by atoms with Crippen LogP contribution in [0.1, 0.15) is 52.4 Å². The second-order valence-corrected chi connectivity index (χ2v) is 9.63. The molecule has 190 valence electrons. The number of fused-ring (bicyclic) bond motifs is 1. The minimum atomic E-state index is -1.03. The Hall–Kier alpha value is -2.03. The standard InChI is InChI=1S/C26H36F2O6/c1-16(2)34-26(31)5-3-4-17-6-9-21-20(23(30)13-24(21)32-14-17)10-8-19(29)15-33-25-12-18(27)7-11-22(25)28/h7-8,10-12,16-17,19-21,23-24,29-30H,3-6,9,13-15H2,1-2H3/b10-8+. The van der Waals surface area contributed by atoms with Crippen LogP contribution >= 0.6 is 0 Å². The van der Waals surface area contributed by atoms with Crippen LogP contribution in [0, 0.1) is 29.4 Å². The number of carbonyl (C=O) groups excluding carboxylic acids is 1. The van der Waals surface area contributed by atoms with E-state index in [9.17, 15) is 23.8 Å². The number of hydrogen-bond acceptors (Lipinski definition) is 6. The second-order valence-electron chi connectivity index (χ2n) is 9.63. The van der Waals surface area contributed by atoms with E-state index in [1.54, 1.807) is 6.08 Å². The monoisotopic (exact) mass is 482 g/mol. The summed E-state index contributed by atoms with van der Waals surface area (Å²) in [7, 11) is 0. The molecule has 0 spiro atoms. The molecule has 1 aromatic carbocycles. The van der Waals surface area contributed by atoms with Gasteiger partial charge in [-0.25, -0.2) is 8.78 Å². The van der Waals surface area contributed by atoms with Gasteiger partial charge in [0.1, 0.15) is 18.5 Å². The molecule has 0 aromatic heterocycles. The quantitative estimate of drug-likeness (QED) is 0.385. The zero-order valence-electron chi connectivity index (χ0n) is 19.9. The number of carbonyl (C=O) groups is 1. The van der Waals surface area contributed by atoms with Gasteiger partial charge in [0, 0.05) is 31.4 Å². The molecule has 8 heteroatoms. The van der Waals surface area contributed by atoms with Crippen molar-refractivity contribution in [1.82, 2.24) is 0 Å². The van der Waals surface area contributed by atoms with Gasteiger partial charge in [-0.05, 0) is 63.5 Å². The largest absolute Gasteiger partial charge is 0.487 e. The molecule has 2 N–H and O–H groups in total. The van der Waals surface area contributed by atoms with Gasteiger partial charge in [0.2, 0.25) is 0 Å². The van der Waals surface area contributed by atoms with Gasteiger partial charge < -0.3 is 24.4 Å². The zero-order valence-corrected chi connectivity index (χ0v) is 19.9. The number of halogens is 2. The molecule has 6 unspecified atom stereocenters. The van der Waals surface area contributed by atoms with E-state index >= 15 is 0 Å². The summed E-state index contributed by atoms with van der Waals surface area (Å²) in [6.07, 6.45) is 6.02. The predicted octanol–water partition coefficient (Wildman–Crippen LogP) is 4.17. The molecule has 2 aliphatic rings. The van der Waals surface area contributed by atoms with Crippen molar-refractivity contribution < 1.29 is 38.0 Å². The summed E-state index contributed by atoms with van der Waals surface area (Å²) in [4.78, 5) is 11.7. The van der Waals surface area contributed by atoms with E-state index in [0.717, 1.165) is 43.9 Å². The van der Waals surface area contributed by atoms with Gasteiger partial charge in [-0.1, -0.05) is 12.2 Å². The molecule has 6 atom stereocenters. The highest BCUT2D eigenvalue weighted by Crippen LogP contribution is 2.42. The van der Waals surface area contributed by atoms with Gasteiger partial charge in [0.15, 0.2) is 11.6 Å². The molecular formula is C26H36F2O6. The summed E-state index contributed by atoms with van der Waals surface area (Å²) >= 11 is 0. The minimum Gasteiger partial charge on any atom is -0.487 e. The minimum absolute atomic E-state index is 0.0460. The summed E-state index contributed by atoms with van der Waals surface area (Å²) in [6, 6.07) is 2.90. The van der Waals surface area contributed by atoms with Gasteiger partial charge in [0.25, 0.3) is 0 Å². The van der Waals surface area contributed by atoms with Gasteiger partial charge in [-0.3, -0.25) is 4.79 Å². The summed E-state index contributed by atoms with van der Waals surface area (Å²) in [5.41, 5.74) is 0. The molecule has 1 heterocycles. The molecule has 0 bridgehead atoms. The topological polar surface area (TPSA) is 85.2 Å². The maximum absolute atomic E-state index is 13.7. The van der Waals surface area contributed by atoms with Crippen LogP contribution in [-0.2, 0) is 14.3 Å². The van der Waals surface area contributed by atoms with Gasteiger partial charge in [-0.2, -0.15) is 0 Å². The van der Waals surface area contributed by atoms with Crippen molar-refractivity contribution in [3.63, 3.8) is 0 Å². The molecule has 1 aliphatic heterocycles. The van der Waals surface area contributed by atoms with Crippen LogP contribution in [-0.4, -0.2) is 53.8 Å². The maximum atomic E-state index is 13.7. The predicted molar refractivity (Wildman–Crippen MR) is 122 cm³/mol. The first-order chi connectivity index (χ1) is 16.2. The van der Waals surface area contributed by atoms with E-state index in [1.165, 1.54) is 6.08 Å². The fraction of sp³-hybridized carbons (Fsp3) is 0.654. The summed E-state index contributed by atoms with van der Waals surface area (Å²) in [6.45, 7) is 4.06. The Kier molecular flexibility index (Phi) is 9.85. The summed E-state index contributed by atoms with van der Waals surface area (Å²) in [5.74, 6) is -1.41. The Balaban J connectivity index is 1.47. The fourth-order valence-corrected chi connectivity index (χ4v) is 4.87. The van der Waals surface area contributed by atoms with Gasteiger partial charge >= 0.3 is 5.97 Å². The molecule has 1 saturated carbocycles. The number of hydrogen-bond donors (Lipinski definition) is 2. The van der Waals surface area contributed by atoms with Crippen LogP contribution in [0.4, 0.5) is 8.78 Å².